The lowest BCUT2D eigenvalue weighted by Crippen LogP contribution is -2.42. The molecule has 1 atom stereocenters. The molecule has 1 unspecified atom stereocenters. The number of nitrogens with one attached hydrogen (secondary N) is 1. The lowest BCUT2D eigenvalue weighted by molar-refractivity contribution is 0.0383. The van der Waals surface area contributed by atoms with Crippen LogP contribution in [0.25, 0.3) is 0 Å². The molecular formula is C16H27N3O. The molecule has 0 bridgehead atoms. The predicted octanol–water partition coefficient (Wildman–Crippen LogP) is 2.50. The summed E-state index contributed by atoms with van der Waals surface area (Å²) >= 11 is 0. The highest BCUT2D eigenvalue weighted by Crippen LogP contribution is 2.24. The Hall–Kier alpha value is -1.13. The molecule has 1 aromatic rings. The van der Waals surface area contributed by atoms with Gasteiger partial charge in [0, 0.05) is 42.8 Å². The number of morpholine rings is 1. The second-order valence-electron chi connectivity index (χ2n) is 5.48. The molecule has 20 heavy (non-hydrogen) atoms. The Morgan fingerprint density at radius 1 is 1.45 bits per heavy atom. The highest BCUT2D eigenvalue weighted by molar-refractivity contribution is 5.54. The molecule has 1 aromatic heterocycles. The molecule has 4 heteroatoms. The van der Waals surface area contributed by atoms with Crippen LogP contribution in [0.5, 0.6) is 0 Å². The molecule has 2 heterocycles. The second kappa shape index (κ2) is 7.60. The smallest absolute Gasteiger partial charge is 0.0748 e. The molecule has 0 saturated carbocycles. The summed E-state index contributed by atoms with van der Waals surface area (Å²) in [7, 11) is 0. The van der Waals surface area contributed by atoms with E-state index in [9.17, 15) is 0 Å². The first-order valence-electron chi connectivity index (χ1n) is 7.77. The molecule has 1 aliphatic heterocycles. The lowest BCUT2D eigenvalue weighted by Gasteiger charge is -2.35. The summed E-state index contributed by atoms with van der Waals surface area (Å²) in [6, 6.07) is 2.21. The van der Waals surface area contributed by atoms with Gasteiger partial charge in [0.2, 0.25) is 0 Å². The molecule has 0 spiro atoms. The quantitative estimate of drug-likeness (QED) is 0.811. The van der Waals surface area contributed by atoms with Crippen LogP contribution in [-0.2, 0) is 11.3 Å². The monoisotopic (exact) mass is 277 g/mol. The summed E-state index contributed by atoms with van der Waals surface area (Å²) in [5.74, 6) is 0. The fourth-order valence-corrected chi connectivity index (χ4v) is 2.59. The molecular weight excluding hydrogens is 250 g/mol. The Morgan fingerprint density at radius 3 is 3.05 bits per heavy atom. The van der Waals surface area contributed by atoms with Gasteiger partial charge in [-0.05, 0) is 32.4 Å². The number of aromatic nitrogens is 1. The van der Waals surface area contributed by atoms with Crippen LogP contribution in [0.2, 0.25) is 0 Å². The summed E-state index contributed by atoms with van der Waals surface area (Å²) in [5, 5.41) is 3.48. The fraction of sp³-hybridized carbons (Fsp3) is 0.688. The van der Waals surface area contributed by atoms with Crippen molar-refractivity contribution in [2.45, 2.75) is 46.3 Å². The molecule has 1 fully saturated rings. The maximum Gasteiger partial charge on any atom is 0.0748 e. The summed E-state index contributed by atoms with van der Waals surface area (Å²) in [6.45, 7) is 11.2. The molecule has 0 aromatic carbocycles. The van der Waals surface area contributed by atoms with E-state index < -0.39 is 0 Å². The van der Waals surface area contributed by atoms with Gasteiger partial charge in [-0.2, -0.15) is 0 Å². The van der Waals surface area contributed by atoms with E-state index in [1.807, 2.05) is 6.20 Å². The minimum Gasteiger partial charge on any atom is -0.375 e. The van der Waals surface area contributed by atoms with E-state index in [1.54, 1.807) is 0 Å². The third-order valence-corrected chi connectivity index (χ3v) is 3.78. The number of nitrogens with zero attached hydrogens (tertiary/aromatic N) is 2. The average molecular weight is 277 g/mol. The minimum atomic E-state index is 0.355. The normalized spacial score (nSPS) is 19.4. The zero-order chi connectivity index (χ0) is 14.4. The largest absolute Gasteiger partial charge is 0.375 e. The van der Waals surface area contributed by atoms with Gasteiger partial charge in [0.25, 0.3) is 0 Å². The Kier molecular flexibility index (Phi) is 5.80. The first kappa shape index (κ1) is 15.3. The van der Waals surface area contributed by atoms with Crippen LogP contribution in [0.3, 0.4) is 0 Å². The number of pyridine rings is 1. The molecule has 1 aliphatic rings. The molecule has 112 valence electrons. The molecule has 0 radical (unpaired) electrons. The van der Waals surface area contributed by atoms with Crippen molar-refractivity contribution >= 4 is 5.69 Å². The maximum atomic E-state index is 5.77. The minimum absolute atomic E-state index is 0.355. The van der Waals surface area contributed by atoms with Crippen LogP contribution in [0.4, 0.5) is 5.69 Å². The van der Waals surface area contributed by atoms with Crippen molar-refractivity contribution < 1.29 is 4.74 Å². The third kappa shape index (κ3) is 3.93. The molecule has 0 amide bonds. The average Bonchev–Trinajstić information content (AvgIpc) is 2.49. The van der Waals surface area contributed by atoms with Crippen molar-refractivity contribution in [3.63, 3.8) is 0 Å². The number of hydrogen-bond donors (Lipinski definition) is 1. The van der Waals surface area contributed by atoms with Crippen LogP contribution in [0.15, 0.2) is 12.3 Å². The summed E-state index contributed by atoms with van der Waals surface area (Å²) in [4.78, 5) is 6.91. The third-order valence-electron chi connectivity index (χ3n) is 3.78. The summed E-state index contributed by atoms with van der Waals surface area (Å²) in [6.07, 6.45) is 4.60. The van der Waals surface area contributed by atoms with E-state index in [4.69, 9.17) is 4.74 Å². The van der Waals surface area contributed by atoms with E-state index in [-0.39, 0.29) is 0 Å². The van der Waals surface area contributed by atoms with Gasteiger partial charge in [0.05, 0.1) is 12.7 Å². The maximum absolute atomic E-state index is 5.77. The molecule has 1 saturated heterocycles. The highest BCUT2D eigenvalue weighted by Gasteiger charge is 2.21. The topological polar surface area (TPSA) is 37.4 Å². The van der Waals surface area contributed by atoms with Crippen molar-refractivity contribution in [3.8, 4) is 0 Å². The standard InChI is InChI=1S/C16H27N3O/c1-4-6-17-10-14-11-18-13(3)9-16(14)19-7-8-20-15(5-2)12-19/h9,11,15,17H,4-8,10,12H2,1-3H3. The van der Waals surface area contributed by atoms with Crippen molar-refractivity contribution in [1.29, 1.82) is 0 Å². The lowest BCUT2D eigenvalue weighted by atomic mass is 10.1. The van der Waals surface area contributed by atoms with Gasteiger partial charge < -0.3 is 15.0 Å². The highest BCUT2D eigenvalue weighted by atomic mass is 16.5. The summed E-state index contributed by atoms with van der Waals surface area (Å²) in [5.41, 5.74) is 3.70. The van der Waals surface area contributed by atoms with E-state index in [0.717, 1.165) is 51.3 Å². The van der Waals surface area contributed by atoms with Crippen molar-refractivity contribution in [3.05, 3.63) is 23.5 Å². The SMILES string of the molecule is CCCNCc1cnc(C)cc1N1CCOC(CC)C1. The van der Waals surface area contributed by atoms with Crippen molar-refractivity contribution in [2.24, 2.45) is 0 Å². The Balaban J connectivity index is 2.13. The first-order chi connectivity index (χ1) is 9.74. The Morgan fingerprint density at radius 2 is 2.30 bits per heavy atom. The predicted molar refractivity (Wildman–Crippen MR) is 83.2 cm³/mol. The van der Waals surface area contributed by atoms with Gasteiger partial charge in [-0.15, -0.1) is 0 Å². The molecule has 2 rings (SSSR count). The van der Waals surface area contributed by atoms with E-state index in [2.05, 4.69) is 42.0 Å². The van der Waals surface area contributed by atoms with Crippen LogP contribution < -0.4 is 10.2 Å². The van der Waals surface area contributed by atoms with E-state index in [1.165, 1.54) is 11.3 Å². The van der Waals surface area contributed by atoms with Crippen molar-refractivity contribution in [1.82, 2.24) is 10.3 Å². The Bertz CT molecular complexity index is 422. The van der Waals surface area contributed by atoms with Gasteiger partial charge in [-0.3, -0.25) is 4.98 Å². The fourth-order valence-electron chi connectivity index (χ4n) is 2.59. The number of anilines is 1. The molecule has 1 N–H and O–H groups in total. The number of rotatable bonds is 6. The summed E-state index contributed by atoms with van der Waals surface area (Å²) < 4.78 is 5.77. The molecule has 0 aliphatic carbocycles. The van der Waals surface area contributed by atoms with Crippen molar-refractivity contribution in [2.75, 3.05) is 31.1 Å². The van der Waals surface area contributed by atoms with Crippen LogP contribution in [-0.4, -0.2) is 37.3 Å². The van der Waals surface area contributed by atoms with E-state index >= 15 is 0 Å². The van der Waals surface area contributed by atoms with Gasteiger partial charge >= 0.3 is 0 Å². The van der Waals surface area contributed by atoms with Crippen LogP contribution >= 0.6 is 0 Å². The van der Waals surface area contributed by atoms with Gasteiger partial charge in [-0.1, -0.05) is 13.8 Å². The molecule has 4 nitrogen and oxygen atoms in total. The van der Waals surface area contributed by atoms with Gasteiger partial charge in [0.1, 0.15) is 0 Å². The number of ether oxygens (including phenoxy) is 1. The van der Waals surface area contributed by atoms with Gasteiger partial charge in [0.15, 0.2) is 0 Å². The zero-order valence-corrected chi connectivity index (χ0v) is 13.0. The second-order valence-corrected chi connectivity index (χ2v) is 5.48. The van der Waals surface area contributed by atoms with Crippen LogP contribution in [0.1, 0.15) is 37.9 Å². The van der Waals surface area contributed by atoms with Crippen LogP contribution in [0, 0.1) is 6.92 Å². The number of aryl methyl sites for hydroxylation is 1. The first-order valence-corrected chi connectivity index (χ1v) is 7.77. The number of hydrogen-bond acceptors (Lipinski definition) is 4. The van der Waals surface area contributed by atoms with E-state index in [0.29, 0.717) is 6.10 Å². The van der Waals surface area contributed by atoms with Gasteiger partial charge in [-0.25, -0.2) is 0 Å². The zero-order valence-electron chi connectivity index (χ0n) is 13.0. The Labute approximate surface area is 122 Å².